The summed E-state index contributed by atoms with van der Waals surface area (Å²) in [6, 6.07) is 0. The number of nitrogens with one attached hydrogen (secondary N) is 1. The molecule has 0 radical (unpaired) electrons. The Hall–Kier alpha value is -2.05. The third-order valence-corrected chi connectivity index (χ3v) is 2.09. The molecule has 0 aromatic heterocycles. The van der Waals surface area contributed by atoms with Gasteiger partial charge < -0.3 is 10.1 Å². The van der Waals surface area contributed by atoms with Gasteiger partial charge >= 0.3 is 6.09 Å². The summed E-state index contributed by atoms with van der Waals surface area (Å²) >= 11 is 0. The molecule has 0 bridgehead atoms. The van der Waals surface area contributed by atoms with Crippen LogP contribution in [0, 0.1) is 37.0 Å². The molecule has 0 fully saturated rings. The average Bonchev–Trinajstić information content (AvgIpc) is 2.15. The summed E-state index contributed by atoms with van der Waals surface area (Å²) in [7, 11) is 0. The molecular weight excluding hydrogens is 226 g/mol. The van der Waals surface area contributed by atoms with E-state index in [9.17, 15) is 4.79 Å². The summed E-state index contributed by atoms with van der Waals surface area (Å²) in [4.78, 5) is 11.8. The minimum absolute atomic E-state index is 0.265. The van der Waals surface area contributed by atoms with Crippen molar-refractivity contribution in [1.82, 2.24) is 5.32 Å². The maximum atomic E-state index is 11.8. The molecule has 3 heteroatoms. The number of terminal acetylenes is 3. The highest BCUT2D eigenvalue weighted by Gasteiger charge is 2.31. The molecule has 18 heavy (non-hydrogen) atoms. The lowest BCUT2D eigenvalue weighted by atomic mass is 9.88. The summed E-state index contributed by atoms with van der Waals surface area (Å²) in [6.45, 7) is 5.33. The van der Waals surface area contributed by atoms with Crippen molar-refractivity contribution in [3.8, 4) is 37.0 Å². The molecule has 0 aliphatic rings. The van der Waals surface area contributed by atoms with Crippen LogP contribution < -0.4 is 5.32 Å². The largest absolute Gasteiger partial charge is 0.444 e. The van der Waals surface area contributed by atoms with E-state index in [-0.39, 0.29) is 19.3 Å². The highest BCUT2D eigenvalue weighted by Crippen LogP contribution is 2.20. The molecule has 0 aromatic rings. The molecule has 96 valence electrons. The van der Waals surface area contributed by atoms with Crippen LogP contribution in [0.15, 0.2) is 0 Å². The van der Waals surface area contributed by atoms with Gasteiger partial charge in [-0.25, -0.2) is 4.79 Å². The summed E-state index contributed by atoms with van der Waals surface area (Å²) in [5.41, 5.74) is -1.38. The summed E-state index contributed by atoms with van der Waals surface area (Å²) in [5.74, 6) is 7.46. The Morgan fingerprint density at radius 1 is 1.06 bits per heavy atom. The SMILES string of the molecule is C#CCC(CC#C)(CC#C)NC(=O)OC(C)(C)C. The number of hydrogen-bond donors (Lipinski definition) is 1. The minimum atomic E-state index is -0.791. The monoisotopic (exact) mass is 245 g/mol. The van der Waals surface area contributed by atoms with E-state index in [4.69, 9.17) is 24.0 Å². The quantitative estimate of drug-likeness (QED) is 0.772. The molecule has 0 unspecified atom stereocenters. The second kappa shape index (κ2) is 6.63. The van der Waals surface area contributed by atoms with Gasteiger partial charge in [-0.1, -0.05) is 0 Å². The highest BCUT2D eigenvalue weighted by atomic mass is 16.6. The van der Waals surface area contributed by atoms with Crippen LogP contribution >= 0.6 is 0 Å². The van der Waals surface area contributed by atoms with Gasteiger partial charge in [-0.15, -0.1) is 37.0 Å². The maximum Gasteiger partial charge on any atom is 0.408 e. The number of carbonyl (C=O) groups is 1. The van der Waals surface area contributed by atoms with Crippen LogP contribution in [0.2, 0.25) is 0 Å². The smallest absolute Gasteiger partial charge is 0.408 e. The second-order valence-electron chi connectivity index (χ2n) is 5.05. The average molecular weight is 245 g/mol. The number of carbonyl (C=O) groups excluding carboxylic acids is 1. The van der Waals surface area contributed by atoms with E-state index in [2.05, 4.69) is 23.1 Å². The minimum Gasteiger partial charge on any atom is -0.444 e. The number of hydrogen-bond acceptors (Lipinski definition) is 2. The number of amides is 1. The summed E-state index contributed by atoms with van der Waals surface area (Å²) in [5, 5.41) is 2.70. The van der Waals surface area contributed by atoms with E-state index in [0.29, 0.717) is 0 Å². The van der Waals surface area contributed by atoms with Crippen LogP contribution in [0.4, 0.5) is 4.79 Å². The van der Waals surface area contributed by atoms with Crippen LogP contribution in [0.25, 0.3) is 0 Å². The predicted octanol–water partition coefficient (Wildman–Crippen LogP) is 2.32. The molecule has 0 saturated carbocycles. The van der Waals surface area contributed by atoms with Gasteiger partial charge in [-0.3, -0.25) is 0 Å². The molecule has 0 atom stereocenters. The molecule has 0 saturated heterocycles. The standard InChI is InChI=1S/C15H19NO2/c1-7-10-15(11-8-2,12-9-3)16-13(17)18-14(4,5)6/h1-3H,10-12H2,4-6H3,(H,16,17). The van der Waals surface area contributed by atoms with Crippen LogP contribution in [0.3, 0.4) is 0 Å². The Balaban J connectivity index is 4.90. The van der Waals surface area contributed by atoms with Crippen molar-refractivity contribution >= 4 is 6.09 Å². The van der Waals surface area contributed by atoms with Crippen molar-refractivity contribution in [2.45, 2.75) is 51.2 Å². The molecule has 0 aliphatic heterocycles. The fourth-order valence-corrected chi connectivity index (χ4v) is 1.43. The van der Waals surface area contributed by atoms with Crippen molar-refractivity contribution in [3.05, 3.63) is 0 Å². The predicted molar refractivity (Wildman–Crippen MR) is 72.5 cm³/mol. The first-order chi connectivity index (χ1) is 8.28. The van der Waals surface area contributed by atoms with E-state index in [1.165, 1.54) is 0 Å². The van der Waals surface area contributed by atoms with Gasteiger partial charge in [0.2, 0.25) is 0 Å². The van der Waals surface area contributed by atoms with Crippen LogP contribution in [-0.4, -0.2) is 17.2 Å². The van der Waals surface area contributed by atoms with Gasteiger partial charge in [0, 0.05) is 19.3 Å². The van der Waals surface area contributed by atoms with E-state index in [1.807, 2.05) is 0 Å². The molecule has 0 rings (SSSR count). The molecule has 1 N–H and O–H groups in total. The fraction of sp³-hybridized carbons (Fsp3) is 0.533. The zero-order valence-corrected chi connectivity index (χ0v) is 11.2. The lowest BCUT2D eigenvalue weighted by Gasteiger charge is -2.31. The third kappa shape index (κ3) is 5.88. The second-order valence-corrected chi connectivity index (χ2v) is 5.05. The number of alkyl carbamates (subject to hydrolysis) is 1. The fourth-order valence-electron chi connectivity index (χ4n) is 1.43. The molecule has 3 nitrogen and oxygen atoms in total. The third-order valence-electron chi connectivity index (χ3n) is 2.09. The van der Waals surface area contributed by atoms with E-state index < -0.39 is 17.2 Å². The van der Waals surface area contributed by atoms with Gasteiger partial charge in [0.25, 0.3) is 0 Å². The maximum absolute atomic E-state index is 11.8. The molecule has 1 amide bonds. The van der Waals surface area contributed by atoms with Crippen molar-refractivity contribution in [1.29, 1.82) is 0 Å². The topological polar surface area (TPSA) is 38.3 Å². The Labute approximate surface area is 110 Å². The molecule has 0 heterocycles. The summed E-state index contributed by atoms with van der Waals surface area (Å²) in [6.07, 6.45) is 16.1. The van der Waals surface area contributed by atoms with Gasteiger partial charge in [0.1, 0.15) is 5.60 Å². The normalized spacial score (nSPS) is 10.7. The van der Waals surface area contributed by atoms with E-state index in [0.717, 1.165) is 0 Å². The zero-order chi connectivity index (χ0) is 14.2. The molecule has 0 spiro atoms. The first kappa shape index (κ1) is 16.0. The van der Waals surface area contributed by atoms with Crippen molar-refractivity contribution in [3.63, 3.8) is 0 Å². The lowest BCUT2D eigenvalue weighted by Crippen LogP contribution is -2.49. The van der Waals surface area contributed by atoms with E-state index >= 15 is 0 Å². The van der Waals surface area contributed by atoms with Gasteiger partial charge in [-0.2, -0.15) is 0 Å². The molecule has 0 aromatic carbocycles. The Morgan fingerprint density at radius 3 is 1.72 bits per heavy atom. The molecular formula is C15H19NO2. The van der Waals surface area contributed by atoms with E-state index in [1.54, 1.807) is 20.8 Å². The first-order valence-corrected chi connectivity index (χ1v) is 5.60. The van der Waals surface area contributed by atoms with Crippen molar-refractivity contribution < 1.29 is 9.53 Å². The van der Waals surface area contributed by atoms with Gasteiger partial charge in [0.15, 0.2) is 0 Å². The summed E-state index contributed by atoms with van der Waals surface area (Å²) < 4.78 is 5.18. The van der Waals surface area contributed by atoms with Gasteiger partial charge in [0.05, 0.1) is 5.54 Å². The highest BCUT2D eigenvalue weighted by molar-refractivity contribution is 5.69. The Kier molecular flexibility index (Phi) is 5.87. The van der Waals surface area contributed by atoms with Crippen molar-refractivity contribution in [2.24, 2.45) is 0 Å². The Morgan fingerprint density at radius 2 is 1.44 bits per heavy atom. The number of ether oxygens (including phenoxy) is 1. The zero-order valence-electron chi connectivity index (χ0n) is 11.2. The lowest BCUT2D eigenvalue weighted by molar-refractivity contribution is 0.0460. The van der Waals surface area contributed by atoms with Crippen LogP contribution in [0.5, 0.6) is 0 Å². The first-order valence-electron chi connectivity index (χ1n) is 5.60. The Bertz CT molecular complexity index is 369. The van der Waals surface area contributed by atoms with Gasteiger partial charge in [-0.05, 0) is 20.8 Å². The number of rotatable bonds is 4. The van der Waals surface area contributed by atoms with Crippen LogP contribution in [-0.2, 0) is 4.74 Å². The van der Waals surface area contributed by atoms with Crippen LogP contribution in [0.1, 0.15) is 40.0 Å². The van der Waals surface area contributed by atoms with Crippen molar-refractivity contribution in [2.75, 3.05) is 0 Å². The molecule has 0 aliphatic carbocycles.